The molecular formula is C7H7I2N. The summed E-state index contributed by atoms with van der Waals surface area (Å²) in [7, 11) is 0. The molecule has 1 rings (SSSR count). The summed E-state index contributed by atoms with van der Waals surface area (Å²) in [5.41, 5.74) is 7.83. The van der Waals surface area contributed by atoms with Crippen molar-refractivity contribution in [2.24, 2.45) is 0 Å². The number of benzene rings is 1. The third-order valence-corrected chi connectivity index (χ3v) is 3.95. The molecule has 1 nitrogen and oxygen atoms in total. The van der Waals surface area contributed by atoms with E-state index in [1.54, 1.807) is 0 Å². The predicted octanol–water partition coefficient (Wildman–Crippen LogP) is 2.79. The van der Waals surface area contributed by atoms with E-state index in [0.717, 1.165) is 5.69 Å². The fourth-order valence-electron chi connectivity index (χ4n) is 0.682. The summed E-state index contributed by atoms with van der Waals surface area (Å²) < 4.78 is 2.45. The van der Waals surface area contributed by atoms with Gasteiger partial charge in [-0.25, -0.2) is 0 Å². The van der Waals surface area contributed by atoms with Crippen LogP contribution in [0.4, 0.5) is 5.69 Å². The van der Waals surface area contributed by atoms with Crippen LogP contribution in [-0.2, 0) is 0 Å². The average Bonchev–Trinajstić information content (AvgIpc) is 1.93. The Labute approximate surface area is 87.7 Å². The van der Waals surface area contributed by atoms with Gasteiger partial charge in [0, 0.05) is 12.8 Å². The summed E-state index contributed by atoms with van der Waals surface area (Å²) in [5, 5.41) is 0. The topological polar surface area (TPSA) is 26.0 Å². The number of rotatable bonds is 0. The minimum atomic E-state index is 0.874. The lowest BCUT2D eigenvalue weighted by molar-refractivity contribution is 1.39. The number of anilines is 1. The van der Waals surface area contributed by atoms with Gasteiger partial charge in [0.25, 0.3) is 0 Å². The molecular weight excluding hydrogens is 352 g/mol. The molecule has 0 radical (unpaired) electrons. The molecule has 0 aliphatic heterocycles. The molecule has 0 heterocycles. The van der Waals surface area contributed by atoms with Crippen molar-refractivity contribution in [3.8, 4) is 0 Å². The highest BCUT2D eigenvalue weighted by Crippen LogP contribution is 2.22. The Kier molecular flexibility index (Phi) is 2.79. The molecule has 0 amide bonds. The second kappa shape index (κ2) is 3.25. The van der Waals surface area contributed by atoms with Crippen molar-refractivity contribution in [1.29, 1.82) is 0 Å². The van der Waals surface area contributed by atoms with E-state index in [0.29, 0.717) is 0 Å². The Bertz CT molecular complexity index is 231. The van der Waals surface area contributed by atoms with Crippen molar-refractivity contribution in [2.75, 3.05) is 5.73 Å². The molecule has 0 bridgehead atoms. The van der Waals surface area contributed by atoms with Gasteiger partial charge in [-0.2, -0.15) is 0 Å². The summed E-state index contributed by atoms with van der Waals surface area (Å²) in [5.74, 6) is 0. The van der Waals surface area contributed by atoms with Crippen LogP contribution in [0.25, 0.3) is 0 Å². The molecule has 2 N–H and O–H groups in total. The fourth-order valence-corrected chi connectivity index (χ4v) is 2.12. The summed E-state index contributed by atoms with van der Waals surface area (Å²) in [6.07, 6.45) is 0. The van der Waals surface area contributed by atoms with Gasteiger partial charge in [0.05, 0.1) is 0 Å². The first-order chi connectivity index (χ1) is 4.63. The van der Waals surface area contributed by atoms with Crippen LogP contribution in [0.3, 0.4) is 0 Å². The molecule has 1 aromatic carbocycles. The first-order valence-electron chi connectivity index (χ1n) is 2.83. The van der Waals surface area contributed by atoms with Gasteiger partial charge in [0.1, 0.15) is 0 Å². The van der Waals surface area contributed by atoms with E-state index < -0.39 is 0 Å². The van der Waals surface area contributed by atoms with E-state index in [1.807, 2.05) is 12.1 Å². The molecule has 1 aromatic rings. The molecule has 0 unspecified atom stereocenters. The number of nitrogen functional groups attached to an aromatic ring is 1. The Balaban J connectivity index is 3.34. The van der Waals surface area contributed by atoms with Crippen LogP contribution >= 0.6 is 45.2 Å². The second-order valence-corrected chi connectivity index (χ2v) is 4.32. The van der Waals surface area contributed by atoms with Gasteiger partial charge < -0.3 is 5.73 Å². The molecule has 0 spiro atoms. The Morgan fingerprint density at radius 1 is 1.30 bits per heavy atom. The number of halogens is 2. The Morgan fingerprint density at radius 2 is 1.90 bits per heavy atom. The maximum atomic E-state index is 5.68. The minimum absolute atomic E-state index is 0.874. The fraction of sp³-hybridized carbons (Fsp3) is 0.143. The van der Waals surface area contributed by atoms with Crippen molar-refractivity contribution in [1.82, 2.24) is 0 Å². The Hall–Kier alpha value is 0.480. The first kappa shape index (κ1) is 8.58. The molecule has 0 saturated carbocycles. The molecule has 0 fully saturated rings. The summed E-state index contributed by atoms with van der Waals surface area (Å²) in [6, 6.07) is 3.98. The van der Waals surface area contributed by atoms with Gasteiger partial charge in [-0.3, -0.25) is 0 Å². The van der Waals surface area contributed by atoms with E-state index in [9.17, 15) is 0 Å². The number of hydrogen-bond donors (Lipinski definition) is 1. The van der Waals surface area contributed by atoms with Gasteiger partial charge in [-0.1, -0.05) is 0 Å². The lowest BCUT2D eigenvalue weighted by Gasteiger charge is -2.03. The molecule has 0 aromatic heterocycles. The normalized spacial score (nSPS) is 9.90. The van der Waals surface area contributed by atoms with Crippen molar-refractivity contribution in [2.45, 2.75) is 6.92 Å². The zero-order chi connectivity index (χ0) is 7.72. The van der Waals surface area contributed by atoms with E-state index in [2.05, 4.69) is 52.1 Å². The summed E-state index contributed by atoms with van der Waals surface area (Å²) in [4.78, 5) is 0. The van der Waals surface area contributed by atoms with Crippen molar-refractivity contribution >= 4 is 50.9 Å². The van der Waals surface area contributed by atoms with Gasteiger partial charge in [0.2, 0.25) is 0 Å². The second-order valence-electron chi connectivity index (χ2n) is 2.08. The van der Waals surface area contributed by atoms with Crippen LogP contribution in [0, 0.1) is 14.1 Å². The van der Waals surface area contributed by atoms with Crippen LogP contribution in [0.5, 0.6) is 0 Å². The SMILES string of the molecule is Cc1c(I)ccc(N)c1I. The predicted molar refractivity (Wildman–Crippen MR) is 61.0 cm³/mol. The molecule has 0 atom stereocenters. The smallest absolute Gasteiger partial charge is 0.0453 e. The van der Waals surface area contributed by atoms with Crippen molar-refractivity contribution < 1.29 is 0 Å². The Morgan fingerprint density at radius 3 is 2.40 bits per heavy atom. The van der Waals surface area contributed by atoms with E-state index in [4.69, 9.17) is 5.73 Å². The molecule has 3 heteroatoms. The van der Waals surface area contributed by atoms with E-state index in [1.165, 1.54) is 12.7 Å². The highest BCUT2D eigenvalue weighted by atomic mass is 127. The lowest BCUT2D eigenvalue weighted by atomic mass is 10.2. The van der Waals surface area contributed by atoms with Gasteiger partial charge in [0.15, 0.2) is 0 Å². The highest BCUT2D eigenvalue weighted by Gasteiger charge is 2.01. The van der Waals surface area contributed by atoms with Gasteiger partial charge in [-0.05, 0) is 69.8 Å². The molecule has 0 saturated heterocycles. The highest BCUT2D eigenvalue weighted by molar-refractivity contribution is 14.1. The third kappa shape index (κ3) is 1.55. The van der Waals surface area contributed by atoms with E-state index in [-0.39, 0.29) is 0 Å². The van der Waals surface area contributed by atoms with Crippen LogP contribution in [-0.4, -0.2) is 0 Å². The zero-order valence-corrected chi connectivity index (χ0v) is 9.80. The van der Waals surface area contributed by atoms with Crippen LogP contribution in [0.2, 0.25) is 0 Å². The van der Waals surface area contributed by atoms with Crippen molar-refractivity contribution in [3.63, 3.8) is 0 Å². The largest absolute Gasteiger partial charge is 0.398 e. The van der Waals surface area contributed by atoms with Crippen LogP contribution in [0.15, 0.2) is 12.1 Å². The molecule has 54 valence electrons. The lowest BCUT2D eigenvalue weighted by Crippen LogP contribution is -1.93. The summed E-state index contributed by atoms with van der Waals surface area (Å²) >= 11 is 4.57. The molecule has 0 aliphatic carbocycles. The maximum absolute atomic E-state index is 5.68. The van der Waals surface area contributed by atoms with E-state index >= 15 is 0 Å². The number of nitrogens with two attached hydrogens (primary N) is 1. The van der Waals surface area contributed by atoms with Crippen molar-refractivity contribution in [3.05, 3.63) is 24.8 Å². The van der Waals surface area contributed by atoms with Gasteiger partial charge in [-0.15, -0.1) is 0 Å². The van der Waals surface area contributed by atoms with Crippen LogP contribution in [0.1, 0.15) is 5.56 Å². The van der Waals surface area contributed by atoms with Gasteiger partial charge >= 0.3 is 0 Å². The minimum Gasteiger partial charge on any atom is -0.398 e. The molecule has 0 aliphatic rings. The standard InChI is InChI=1S/C7H7I2N/c1-4-5(8)2-3-6(10)7(4)9/h2-3H,10H2,1H3. The summed E-state index contributed by atoms with van der Waals surface area (Å²) in [6.45, 7) is 2.08. The maximum Gasteiger partial charge on any atom is 0.0453 e. The third-order valence-electron chi connectivity index (χ3n) is 1.35. The number of hydrogen-bond acceptors (Lipinski definition) is 1. The molecule has 10 heavy (non-hydrogen) atoms. The van der Waals surface area contributed by atoms with Crippen LogP contribution < -0.4 is 5.73 Å². The zero-order valence-electron chi connectivity index (χ0n) is 5.49. The average molecular weight is 359 g/mol. The first-order valence-corrected chi connectivity index (χ1v) is 4.98. The quantitative estimate of drug-likeness (QED) is 0.560. The monoisotopic (exact) mass is 359 g/mol.